The van der Waals surface area contributed by atoms with Crippen molar-refractivity contribution in [2.75, 3.05) is 0 Å². The first-order valence-corrected chi connectivity index (χ1v) is 7.28. The molecule has 0 unspecified atom stereocenters. The first-order chi connectivity index (χ1) is 11.8. The summed E-state index contributed by atoms with van der Waals surface area (Å²) in [5, 5.41) is 3.26. The highest BCUT2D eigenvalue weighted by atomic mass is 35.5. The Morgan fingerprint density at radius 3 is 2.23 bits per heavy atom. The third-order valence-corrected chi connectivity index (χ3v) is 3.53. The Balaban J connectivity index is 2.15. The second-order valence-corrected chi connectivity index (χ2v) is 5.69. The predicted molar refractivity (Wildman–Crippen MR) is 80.8 cm³/mol. The van der Waals surface area contributed by atoms with Crippen LogP contribution in [0.1, 0.15) is 5.76 Å². The van der Waals surface area contributed by atoms with Gasteiger partial charge in [0.15, 0.2) is 0 Å². The van der Waals surface area contributed by atoms with Gasteiger partial charge in [0.05, 0.1) is 11.2 Å². The van der Waals surface area contributed by atoms with E-state index in [4.69, 9.17) is 27.6 Å². The lowest BCUT2D eigenvalue weighted by Crippen LogP contribution is -2.58. The summed E-state index contributed by atoms with van der Waals surface area (Å²) < 4.78 is 92.5. The zero-order valence-corrected chi connectivity index (χ0v) is 13.7. The standard InChI is InChI=1S/C14H7Cl2F7N2O/c15-7-1-3-10(16)9(5-7)11-4-2-8(26-11)6-24-25-14(22,23)12(17,18)13(19,20)21/h1-6,25H/b24-6+. The normalized spacial score (nSPS) is 13.4. The Bertz CT molecular complexity index is 818. The van der Waals surface area contributed by atoms with Crippen LogP contribution in [0.15, 0.2) is 39.9 Å². The van der Waals surface area contributed by atoms with E-state index in [0.717, 1.165) is 0 Å². The van der Waals surface area contributed by atoms with Crippen molar-refractivity contribution in [1.29, 1.82) is 0 Å². The number of rotatable bonds is 5. The van der Waals surface area contributed by atoms with Crippen molar-refractivity contribution in [1.82, 2.24) is 5.43 Å². The predicted octanol–water partition coefficient (Wildman–Crippen LogP) is 5.97. The molecule has 0 spiro atoms. The van der Waals surface area contributed by atoms with Crippen molar-refractivity contribution in [2.45, 2.75) is 18.1 Å². The average Bonchev–Trinajstić information content (AvgIpc) is 2.97. The second-order valence-electron chi connectivity index (χ2n) is 4.84. The van der Waals surface area contributed by atoms with Crippen molar-refractivity contribution < 1.29 is 35.2 Å². The molecule has 1 heterocycles. The van der Waals surface area contributed by atoms with Crippen LogP contribution in [0, 0.1) is 0 Å². The highest BCUT2D eigenvalue weighted by molar-refractivity contribution is 6.35. The van der Waals surface area contributed by atoms with Crippen molar-refractivity contribution in [3.63, 3.8) is 0 Å². The lowest BCUT2D eigenvalue weighted by molar-refractivity contribution is -0.361. The number of benzene rings is 1. The van der Waals surface area contributed by atoms with Gasteiger partial charge in [0, 0.05) is 10.6 Å². The van der Waals surface area contributed by atoms with Crippen LogP contribution in [0.2, 0.25) is 10.0 Å². The van der Waals surface area contributed by atoms with E-state index < -0.39 is 18.1 Å². The summed E-state index contributed by atoms with van der Waals surface area (Å²) in [5.41, 5.74) is 0.831. The van der Waals surface area contributed by atoms with Gasteiger partial charge in [-0.15, -0.1) is 0 Å². The Hall–Kier alpha value is -1.94. The lowest BCUT2D eigenvalue weighted by Gasteiger charge is -2.27. The minimum absolute atomic E-state index is 0.145. The van der Waals surface area contributed by atoms with Gasteiger partial charge in [-0.05, 0) is 30.3 Å². The smallest absolute Gasteiger partial charge is 0.455 e. The summed E-state index contributed by atoms with van der Waals surface area (Å²) >= 11 is 11.7. The fourth-order valence-corrected chi connectivity index (χ4v) is 2.06. The van der Waals surface area contributed by atoms with E-state index in [1.807, 2.05) is 0 Å². The van der Waals surface area contributed by atoms with Gasteiger partial charge in [-0.1, -0.05) is 23.2 Å². The van der Waals surface area contributed by atoms with Crippen molar-refractivity contribution in [3.8, 4) is 11.3 Å². The van der Waals surface area contributed by atoms with E-state index in [-0.39, 0.29) is 16.5 Å². The molecular weight excluding hydrogens is 416 g/mol. The van der Waals surface area contributed by atoms with Crippen LogP contribution in [0.5, 0.6) is 0 Å². The molecule has 0 saturated heterocycles. The Labute approximate surface area is 151 Å². The van der Waals surface area contributed by atoms with Gasteiger partial charge in [-0.2, -0.15) is 35.8 Å². The molecule has 3 nitrogen and oxygen atoms in total. The summed E-state index contributed by atoms with van der Waals surface area (Å²) in [6.45, 7) is 0. The van der Waals surface area contributed by atoms with Gasteiger partial charge in [-0.3, -0.25) is 0 Å². The third-order valence-electron chi connectivity index (χ3n) is 2.97. The van der Waals surface area contributed by atoms with Gasteiger partial charge >= 0.3 is 18.1 Å². The molecule has 0 atom stereocenters. The lowest BCUT2D eigenvalue weighted by atomic mass is 10.2. The Kier molecular flexibility index (Phi) is 5.48. The number of nitrogens with one attached hydrogen (secondary N) is 1. The largest absolute Gasteiger partial charge is 0.462 e. The van der Waals surface area contributed by atoms with E-state index >= 15 is 0 Å². The SMILES string of the molecule is FC(F)(F)C(F)(F)C(F)(F)N/N=C/c1ccc(-c2cc(Cl)ccc2Cl)o1. The number of alkyl halides is 7. The summed E-state index contributed by atoms with van der Waals surface area (Å²) in [6.07, 6.45) is -5.96. The van der Waals surface area contributed by atoms with Crippen molar-refractivity contribution in [2.24, 2.45) is 5.10 Å². The van der Waals surface area contributed by atoms with Crippen LogP contribution in [-0.4, -0.2) is 24.4 Å². The number of furan rings is 1. The monoisotopic (exact) mass is 422 g/mol. The zero-order chi connectivity index (χ0) is 19.8. The van der Waals surface area contributed by atoms with E-state index in [0.29, 0.717) is 22.2 Å². The molecule has 26 heavy (non-hydrogen) atoms. The minimum atomic E-state index is -6.46. The molecule has 1 aromatic heterocycles. The average molecular weight is 423 g/mol. The third kappa shape index (κ3) is 4.07. The maximum absolute atomic E-state index is 13.0. The van der Waals surface area contributed by atoms with Crippen LogP contribution in [0.4, 0.5) is 30.7 Å². The van der Waals surface area contributed by atoms with Crippen LogP contribution in [-0.2, 0) is 0 Å². The molecule has 0 aliphatic rings. The molecule has 0 aliphatic heterocycles. The van der Waals surface area contributed by atoms with Crippen molar-refractivity contribution in [3.05, 3.63) is 46.1 Å². The van der Waals surface area contributed by atoms with E-state index in [9.17, 15) is 30.7 Å². The fraction of sp³-hybridized carbons (Fsp3) is 0.214. The fourth-order valence-electron chi connectivity index (χ4n) is 1.68. The molecule has 0 bridgehead atoms. The summed E-state index contributed by atoms with van der Waals surface area (Å²) in [4.78, 5) is 0. The maximum atomic E-state index is 13.0. The molecule has 142 valence electrons. The van der Waals surface area contributed by atoms with Gasteiger partial charge in [0.2, 0.25) is 0 Å². The van der Waals surface area contributed by atoms with Crippen LogP contribution >= 0.6 is 23.2 Å². The van der Waals surface area contributed by atoms with Gasteiger partial charge in [0.1, 0.15) is 11.5 Å². The molecule has 2 aromatic rings. The maximum Gasteiger partial charge on any atom is 0.462 e. The van der Waals surface area contributed by atoms with Crippen molar-refractivity contribution >= 4 is 29.4 Å². The molecule has 0 saturated carbocycles. The molecular formula is C14H7Cl2F7N2O. The summed E-state index contributed by atoms with van der Waals surface area (Å²) in [6, 6.07) is 1.31. The van der Waals surface area contributed by atoms with E-state index in [2.05, 4.69) is 5.10 Å². The van der Waals surface area contributed by atoms with Crippen LogP contribution < -0.4 is 5.43 Å². The molecule has 0 amide bonds. The molecule has 0 radical (unpaired) electrons. The zero-order valence-electron chi connectivity index (χ0n) is 12.2. The number of halogens is 9. The second kappa shape index (κ2) is 6.99. The molecule has 2 rings (SSSR count). The first kappa shape index (κ1) is 20.4. The van der Waals surface area contributed by atoms with Gasteiger partial charge in [-0.25, -0.2) is 5.43 Å². The van der Waals surface area contributed by atoms with Crippen LogP contribution in [0.3, 0.4) is 0 Å². The van der Waals surface area contributed by atoms with Crippen LogP contribution in [0.25, 0.3) is 11.3 Å². The molecule has 12 heteroatoms. The highest BCUT2D eigenvalue weighted by Crippen LogP contribution is 2.45. The number of hydrazone groups is 1. The Morgan fingerprint density at radius 1 is 0.962 bits per heavy atom. The number of hydrogen-bond acceptors (Lipinski definition) is 3. The minimum Gasteiger partial charge on any atom is -0.455 e. The quantitative estimate of drug-likeness (QED) is 0.279. The Morgan fingerprint density at radius 2 is 1.62 bits per heavy atom. The van der Waals surface area contributed by atoms with E-state index in [1.54, 1.807) is 0 Å². The molecule has 0 fully saturated rings. The van der Waals surface area contributed by atoms with Gasteiger partial charge in [0.25, 0.3) is 0 Å². The summed E-state index contributed by atoms with van der Waals surface area (Å²) in [5.74, 6) is -6.39. The first-order valence-electron chi connectivity index (χ1n) is 6.53. The molecule has 0 aliphatic carbocycles. The topological polar surface area (TPSA) is 37.5 Å². The summed E-state index contributed by atoms with van der Waals surface area (Å²) in [7, 11) is 0. The number of hydrogen-bond donors (Lipinski definition) is 1. The van der Waals surface area contributed by atoms with E-state index in [1.165, 1.54) is 30.3 Å². The molecule has 1 aromatic carbocycles. The molecule has 1 N–H and O–H groups in total. The van der Waals surface area contributed by atoms with Gasteiger partial charge < -0.3 is 4.42 Å². The number of nitrogens with zero attached hydrogens (tertiary/aromatic N) is 1. The highest BCUT2D eigenvalue weighted by Gasteiger charge is 2.73.